The highest BCUT2D eigenvalue weighted by Gasteiger charge is 2.26. The van der Waals surface area contributed by atoms with Crippen molar-refractivity contribution in [3.05, 3.63) is 30.5 Å². The first-order valence-corrected chi connectivity index (χ1v) is 7.98. The van der Waals surface area contributed by atoms with Gasteiger partial charge in [-0.25, -0.2) is 15.0 Å². The number of fused-ring (bicyclic) bond motifs is 3. The molecule has 0 spiro atoms. The second-order valence-corrected chi connectivity index (χ2v) is 6.13. The first kappa shape index (κ1) is 14.7. The van der Waals surface area contributed by atoms with Crippen molar-refractivity contribution in [3.8, 4) is 6.07 Å². The van der Waals surface area contributed by atoms with Gasteiger partial charge in [0.05, 0.1) is 24.0 Å². The zero-order chi connectivity index (χ0) is 16.5. The third-order valence-corrected chi connectivity index (χ3v) is 4.60. The number of aromatic nitrogens is 4. The van der Waals surface area contributed by atoms with Crippen molar-refractivity contribution in [1.29, 1.82) is 5.26 Å². The van der Waals surface area contributed by atoms with E-state index in [4.69, 9.17) is 5.26 Å². The van der Waals surface area contributed by atoms with Crippen LogP contribution in [0.3, 0.4) is 0 Å². The van der Waals surface area contributed by atoms with E-state index in [1.165, 1.54) is 0 Å². The standard InChI is InChI=1S/C17H16N6O/c18-6-12(24)9-23-5-1-2-11(8-23)16-15-13-3-4-19-17(13)20-7-14(15)21-10-22-16/h3-4,7,10-11H,1-2,5,8-9H2,(H,19,20). The van der Waals surface area contributed by atoms with Crippen LogP contribution >= 0.6 is 0 Å². The largest absolute Gasteiger partial charge is 0.346 e. The molecule has 120 valence electrons. The van der Waals surface area contributed by atoms with Crippen LogP contribution in [0.25, 0.3) is 21.9 Å². The summed E-state index contributed by atoms with van der Waals surface area (Å²) in [7, 11) is 0. The topological polar surface area (TPSA) is 98.6 Å². The molecule has 3 aromatic rings. The van der Waals surface area contributed by atoms with E-state index in [2.05, 4.69) is 19.9 Å². The van der Waals surface area contributed by atoms with Crippen LogP contribution in [0.1, 0.15) is 24.5 Å². The lowest BCUT2D eigenvalue weighted by Gasteiger charge is -2.31. The number of hydrogen-bond acceptors (Lipinski definition) is 6. The molecule has 1 aliphatic rings. The molecule has 24 heavy (non-hydrogen) atoms. The molecule has 0 aliphatic carbocycles. The van der Waals surface area contributed by atoms with Gasteiger partial charge in [-0.1, -0.05) is 0 Å². The van der Waals surface area contributed by atoms with Gasteiger partial charge in [0, 0.05) is 29.4 Å². The fraction of sp³-hybridized carbons (Fsp3) is 0.353. The Morgan fingerprint density at radius 3 is 3.21 bits per heavy atom. The van der Waals surface area contributed by atoms with E-state index < -0.39 is 0 Å². The van der Waals surface area contributed by atoms with Gasteiger partial charge in [-0.05, 0) is 25.5 Å². The van der Waals surface area contributed by atoms with Crippen LogP contribution in [-0.2, 0) is 4.79 Å². The molecule has 3 aromatic heterocycles. The van der Waals surface area contributed by atoms with Crippen molar-refractivity contribution in [2.24, 2.45) is 0 Å². The lowest BCUT2D eigenvalue weighted by molar-refractivity contribution is -0.115. The minimum Gasteiger partial charge on any atom is -0.346 e. The number of ketones is 1. The molecular formula is C17H16N6O. The summed E-state index contributed by atoms with van der Waals surface area (Å²) in [6.07, 6.45) is 7.21. The highest BCUT2D eigenvalue weighted by atomic mass is 16.1. The zero-order valence-electron chi connectivity index (χ0n) is 13.1. The minimum absolute atomic E-state index is 0.192. The van der Waals surface area contributed by atoms with E-state index >= 15 is 0 Å². The molecule has 0 saturated carbocycles. The summed E-state index contributed by atoms with van der Waals surface area (Å²) in [6.45, 7) is 1.76. The van der Waals surface area contributed by atoms with Gasteiger partial charge in [0.1, 0.15) is 18.0 Å². The number of pyridine rings is 1. The molecule has 1 N–H and O–H groups in total. The van der Waals surface area contributed by atoms with Crippen LogP contribution in [0.15, 0.2) is 24.8 Å². The summed E-state index contributed by atoms with van der Waals surface area (Å²) >= 11 is 0. The molecule has 1 atom stereocenters. The smallest absolute Gasteiger partial charge is 0.245 e. The molecule has 4 heterocycles. The molecule has 0 radical (unpaired) electrons. The molecule has 1 aliphatic heterocycles. The Morgan fingerprint density at radius 2 is 2.33 bits per heavy atom. The molecule has 7 nitrogen and oxygen atoms in total. The van der Waals surface area contributed by atoms with E-state index in [1.807, 2.05) is 17.2 Å². The summed E-state index contributed by atoms with van der Waals surface area (Å²) in [5.41, 5.74) is 2.66. The number of carbonyl (C=O) groups is 1. The van der Waals surface area contributed by atoms with Gasteiger partial charge in [-0.15, -0.1) is 0 Å². The van der Waals surface area contributed by atoms with Crippen molar-refractivity contribution in [2.45, 2.75) is 18.8 Å². The highest BCUT2D eigenvalue weighted by molar-refractivity contribution is 6.04. The van der Waals surface area contributed by atoms with Gasteiger partial charge in [-0.2, -0.15) is 5.26 Å². The van der Waals surface area contributed by atoms with Crippen LogP contribution < -0.4 is 0 Å². The lowest BCUT2D eigenvalue weighted by Crippen LogP contribution is -2.38. The molecule has 1 fully saturated rings. The maximum atomic E-state index is 11.4. The first-order chi connectivity index (χ1) is 11.8. The van der Waals surface area contributed by atoms with Crippen molar-refractivity contribution in [2.75, 3.05) is 19.6 Å². The number of H-pyrrole nitrogens is 1. The fourth-order valence-corrected chi connectivity index (χ4v) is 3.55. The summed E-state index contributed by atoms with van der Waals surface area (Å²) in [4.78, 5) is 29.9. The molecule has 7 heteroatoms. The summed E-state index contributed by atoms with van der Waals surface area (Å²) in [5.74, 6) is -0.170. The summed E-state index contributed by atoms with van der Waals surface area (Å²) in [5, 5.41) is 10.8. The predicted octanol–water partition coefficient (Wildman–Crippen LogP) is 1.78. The maximum Gasteiger partial charge on any atom is 0.245 e. The third kappa shape index (κ3) is 2.51. The minimum atomic E-state index is -0.388. The molecule has 0 aromatic carbocycles. The SMILES string of the molecule is N#CC(=O)CN1CCCC(c2ncnc3cnc4[nH]ccc4c23)C1. The van der Waals surface area contributed by atoms with E-state index in [-0.39, 0.29) is 18.2 Å². The number of hydrogen-bond donors (Lipinski definition) is 1. The monoisotopic (exact) mass is 320 g/mol. The Bertz CT molecular complexity index is 957. The molecule has 0 bridgehead atoms. The average Bonchev–Trinajstić information content (AvgIpc) is 3.10. The van der Waals surface area contributed by atoms with Gasteiger partial charge < -0.3 is 4.98 Å². The molecule has 1 saturated heterocycles. The average molecular weight is 320 g/mol. The lowest BCUT2D eigenvalue weighted by atomic mass is 9.91. The van der Waals surface area contributed by atoms with Crippen LogP contribution in [0, 0.1) is 11.3 Å². The number of rotatable bonds is 3. The number of carbonyl (C=O) groups excluding carboxylic acids is 1. The fourth-order valence-electron chi connectivity index (χ4n) is 3.55. The van der Waals surface area contributed by atoms with Gasteiger partial charge in [0.25, 0.3) is 0 Å². The quantitative estimate of drug-likeness (QED) is 0.739. The van der Waals surface area contributed by atoms with Crippen molar-refractivity contribution < 1.29 is 4.79 Å². The van der Waals surface area contributed by atoms with Crippen LogP contribution in [-0.4, -0.2) is 50.3 Å². The Labute approximate surface area is 138 Å². The summed E-state index contributed by atoms with van der Waals surface area (Å²) < 4.78 is 0. The Morgan fingerprint density at radius 1 is 1.42 bits per heavy atom. The second kappa shape index (κ2) is 5.98. The predicted molar refractivity (Wildman–Crippen MR) is 88.2 cm³/mol. The normalized spacial score (nSPS) is 18.7. The van der Waals surface area contributed by atoms with Crippen LogP contribution in [0.2, 0.25) is 0 Å². The van der Waals surface area contributed by atoms with Gasteiger partial charge >= 0.3 is 0 Å². The third-order valence-electron chi connectivity index (χ3n) is 4.60. The Balaban J connectivity index is 1.74. The van der Waals surface area contributed by atoms with E-state index in [0.29, 0.717) is 0 Å². The first-order valence-electron chi connectivity index (χ1n) is 7.98. The number of piperidine rings is 1. The molecule has 0 amide bonds. The Kier molecular flexibility index (Phi) is 3.67. The number of nitriles is 1. The number of nitrogens with one attached hydrogen (secondary N) is 1. The van der Waals surface area contributed by atoms with Crippen LogP contribution in [0.5, 0.6) is 0 Å². The van der Waals surface area contributed by atoms with Crippen molar-refractivity contribution in [3.63, 3.8) is 0 Å². The number of likely N-dealkylation sites (tertiary alicyclic amines) is 1. The van der Waals surface area contributed by atoms with Crippen LogP contribution in [0.4, 0.5) is 0 Å². The van der Waals surface area contributed by atoms with Crippen molar-refractivity contribution in [1.82, 2.24) is 24.8 Å². The highest BCUT2D eigenvalue weighted by Crippen LogP contribution is 2.32. The van der Waals surface area contributed by atoms with Gasteiger partial charge in [0.15, 0.2) is 0 Å². The number of nitrogens with zero attached hydrogens (tertiary/aromatic N) is 5. The van der Waals surface area contributed by atoms with E-state index in [0.717, 1.165) is 53.6 Å². The zero-order valence-corrected chi connectivity index (χ0v) is 13.1. The molecule has 1 unspecified atom stereocenters. The molecular weight excluding hydrogens is 304 g/mol. The number of aromatic amines is 1. The Hall–Kier alpha value is -2.85. The van der Waals surface area contributed by atoms with E-state index in [9.17, 15) is 4.79 Å². The van der Waals surface area contributed by atoms with Gasteiger partial charge in [-0.3, -0.25) is 9.69 Å². The van der Waals surface area contributed by atoms with E-state index in [1.54, 1.807) is 18.6 Å². The second-order valence-electron chi connectivity index (χ2n) is 6.13. The van der Waals surface area contributed by atoms with Gasteiger partial charge in [0.2, 0.25) is 5.78 Å². The maximum absolute atomic E-state index is 11.4. The van der Waals surface area contributed by atoms with Crippen molar-refractivity contribution >= 4 is 27.7 Å². The summed E-state index contributed by atoms with van der Waals surface area (Å²) in [6, 6.07) is 3.70. The number of Topliss-reactive ketones (excluding diaryl/α,β-unsaturated/α-hetero) is 1. The molecule has 4 rings (SSSR count).